The van der Waals surface area contributed by atoms with E-state index in [1.807, 2.05) is 32.0 Å². The zero-order chi connectivity index (χ0) is 13.7. The number of hydrogen-bond acceptors (Lipinski definition) is 4. The Labute approximate surface area is 115 Å². The molecule has 19 heavy (non-hydrogen) atoms. The number of rotatable bonds is 9. The molecule has 106 valence electrons. The summed E-state index contributed by atoms with van der Waals surface area (Å²) in [5.41, 5.74) is 0. The fraction of sp³-hybridized carbons (Fsp3) is 0.571. The van der Waals surface area contributed by atoms with Crippen LogP contribution in [-0.2, 0) is 13.6 Å². The van der Waals surface area contributed by atoms with Crippen molar-refractivity contribution in [3.8, 4) is 11.5 Å². The Morgan fingerprint density at radius 1 is 1.11 bits per heavy atom. The third-order valence-electron chi connectivity index (χ3n) is 2.96. The highest BCUT2D eigenvalue weighted by molar-refractivity contribution is 6.82. The molecule has 4 nitrogen and oxygen atoms in total. The van der Waals surface area contributed by atoms with Crippen LogP contribution in [-0.4, -0.2) is 34.6 Å². The summed E-state index contributed by atoms with van der Waals surface area (Å²) in [6, 6.07) is 5.99. The van der Waals surface area contributed by atoms with Gasteiger partial charge in [0, 0.05) is 25.0 Å². The Kier molecular flexibility index (Phi) is 4.98. The Morgan fingerprint density at radius 2 is 1.84 bits per heavy atom. The Balaban J connectivity index is 2.23. The van der Waals surface area contributed by atoms with Crippen molar-refractivity contribution in [1.82, 2.24) is 0 Å². The van der Waals surface area contributed by atoms with E-state index in [0.717, 1.165) is 29.7 Å². The van der Waals surface area contributed by atoms with Gasteiger partial charge in [0.1, 0.15) is 0 Å². The summed E-state index contributed by atoms with van der Waals surface area (Å²) in [6.45, 7) is 8.03. The normalized spacial score (nSPS) is 13.0. The van der Waals surface area contributed by atoms with E-state index in [-0.39, 0.29) is 0 Å². The second kappa shape index (κ2) is 6.52. The van der Waals surface area contributed by atoms with Gasteiger partial charge < -0.3 is 18.3 Å². The lowest BCUT2D eigenvalue weighted by Crippen LogP contribution is -2.57. The predicted molar refractivity (Wildman–Crippen MR) is 76.3 cm³/mol. The number of fused-ring (bicyclic) bond motifs is 1. The lowest BCUT2D eigenvalue weighted by Gasteiger charge is -2.29. The summed E-state index contributed by atoms with van der Waals surface area (Å²) < 4.78 is 23.3. The largest absolute Gasteiger partial charge is 0.449 e. The van der Waals surface area contributed by atoms with Crippen LogP contribution in [0.3, 0.4) is 0 Å². The van der Waals surface area contributed by atoms with Gasteiger partial charge in [-0.3, -0.25) is 0 Å². The summed E-state index contributed by atoms with van der Waals surface area (Å²) in [4.78, 5) is 0. The van der Waals surface area contributed by atoms with E-state index in [0.29, 0.717) is 19.4 Å². The van der Waals surface area contributed by atoms with Crippen LogP contribution in [0.4, 0.5) is 0 Å². The van der Waals surface area contributed by atoms with Crippen molar-refractivity contribution in [3.63, 3.8) is 0 Å². The maximum Gasteiger partial charge on any atom is 0.403 e. The molecule has 0 radical (unpaired) electrons. The molecule has 5 heteroatoms. The molecule has 0 fully saturated rings. The molecule has 1 aliphatic heterocycles. The molecule has 0 saturated heterocycles. The monoisotopic (exact) mass is 282 g/mol. The number of ether oxygens (including phenoxy) is 2. The second-order valence-electron chi connectivity index (χ2n) is 4.41. The summed E-state index contributed by atoms with van der Waals surface area (Å²) >= 11 is 0. The van der Waals surface area contributed by atoms with Crippen LogP contribution in [0.5, 0.6) is 11.5 Å². The molecular weight excluding hydrogens is 260 g/mol. The molecule has 0 spiro atoms. The van der Waals surface area contributed by atoms with Gasteiger partial charge in [0.2, 0.25) is 0 Å². The quantitative estimate of drug-likeness (QED) is 0.402. The molecule has 1 aromatic rings. The molecule has 0 aromatic heterocycles. The van der Waals surface area contributed by atoms with E-state index < -0.39 is 8.56 Å². The van der Waals surface area contributed by atoms with Crippen LogP contribution in [0.2, 0.25) is 0 Å². The third kappa shape index (κ3) is 3.17. The van der Waals surface area contributed by atoms with Crippen LogP contribution in [0.1, 0.15) is 27.2 Å². The first-order valence-corrected chi connectivity index (χ1v) is 8.96. The molecule has 0 aliphatic carbocycles. The van der Waals surface area contributed by atoms with E-state index in [4.69, 9.17) is 18.3 Å². The summed E-state index contributed by atoms with van der Waals surface area (Å²) in [6.07, 6.45) is 1.51. The molecule has 1 aliphatic rings. The molecular formula is C14H22O4Si. The van der Waals surface area contributed by atoms with Crippen molar-refractivity contribution in [1.29, 1.82) is 0 Å². The summed E-state index contributed by atoms with van der Waals surface area (Å²) in [5, 5.41) is 1.06. The standard InChI is InChI=1S/C14H22O4Si/c1-4-10-15-11-19(16-5-2,17-6-3)13-9-7-8-12-14(13)18-12/h7-9H,4-6,10-11H2,1-3H3. The number of benzene rings is 1. The van der Waals surface area contributed by atoms with Gasteiger partial charge in [-0.2, -0.15) is 0 Å². The fourth-order valence-electron chi connectivity index (χ4n) is 2.16. The van der Waals surface area contributed by atoms with Crippen molar-refractivity contribution < 1.29 is 18.3 Å². The average molecular weight is 282 g/mol. The lowest BCUT2D eigenvalue weighted by atomic mass is 10.4. The summed E-state index contributed by atoms with van der Waals surface area (Å²) in [5.74, 6) is 1.86. The van der Waals surface area contributed by atoms with Gasteiger partial charge in [-0.1, -0.05) is 19.1 Å². The van der Waals surface area contributed by atoms with Crippen LogP contribution < -0.4 is 9.92 Å². The van der Waals surface area contributed by atoms with Crippen LogP contribution in [0, 0.1) is 0 Å². The molecule has 0 bridgehead atoms. The van der Waals surface area contributed by atoms with Gasteiger partial charge in [-0.25, -0.2) is 0 Å². The van der Waals surface area contributed by atoms with Crippen molar-refractivity contribution in [2.75, 3.05) is 26.1 Å². The third-order valence-corrected chi connectivity index (χ3v) is 6.26. The highest BCUT2D eigenvalue weighted by Gasteiger charge is 2.46. The molecule has 1 heterocycles. The molecule has 0 amide bonds. The van der Waals surface area contributed by atoms with Crippen molar-refractivity contribution in [3.05, 3.63) is 18.2 Å². The minimum Gasteiger partial charge on any atom is -0.449 e. The first-order valence-electron chi connectivity index (χ1n) is 6.94. The highest BCUT2D eigenvalue weighted by Crippen LogP contribution is 2.44. The SMILES string of the molecule is CCCOC[Si](OCC)(OCC)c1cccc2c1O2. The van der Waals surface area contributed by atoms with Crippen molar-refractivity contribution in [2.45, 2.75) is 27.2 Å². The number of hydrogen-bond donors (Lipinski definition) is 0. The predicted octanol–water partition coefficient (Wildman–Crippen LogP) is 2.48. The van der Waals surface area contributed by atoms with E-state index >= 15 is 0 Å². The Hall–Kier alpha value is -0.883. The second-order valence-corrected chi connectivity index (χ2v) is 7.32. The van der Waals surface area contributed by atoms with Crippen molar-refractivity contribution >= 4 is 13.7 Å². The maximum atomic E-state index is 6.03. The van der Waals surface area contributed by atoms with E-state index in [9.17, 15) is 0 Å². The van der Waals surface area contributed by atoms with E-state index in [2.05, 4.69) is 6.92 Å². The van der Waals surface area contributed by atoms with Crippen molar-refractivity contribution in [2.24, 2.45) is 0 Å². The highest BCUT2D eigenvalue weighted by atomic mass is 28.4. The molecule has 0 N–H and O–H groups in total. The maximum absolute atomic E-state index is 6.03. The van der Waals surface area contributed by atoms with Gasteiger partial charge in [0.05, 0.1) is 6.23 Å². The Morgan fingerprint density at radius 3 is 2.47 bits per heavy atom. The number of para-hydroxylation sites is 1. The summed E-state index contributed by atoms with van der Waals surface area (Å²) in [7, 11) is -2.55. The minimum atomic E-state index is -2.55. The smallest absolute Gasteiger partial charge is 0.403 e. The van der Waals surface area contributed by atoms with Crippen LogP contribution in [0.25, 0.3) is 0 Å². The topological polar surface area (TPSA) is 40.2 Å². The molecule has 0 unspecified atom stereocenters. The lowest BCUT2D eigenvalue weighted by molar-refractivity contribution is 0.113. The average Bonchev–Trinajstić information content (AvgIpc) is 3.18. The zero-order valence-corrected chi connectivity index (χ0v) is 12.9. The van der Waals surface area contributed by atoms with Crippen LogP contribution >= 0.6 is 0 Å². The van der Waals surface area contributed by atoms with Crippen LogP contribution in [0.15, 0.2) is 18.2 Å². The first kappa shape index (κ1) is 14.5. The minimum absolute atomic E-state index is 0.516. The van der Waals surface area contributed by atoms with Gasteiger partial charge in [0.25, 0.3) is 0 Å². The van der Waals surface area contributed by atoms with E-state index in [1.54, 1.807) is 0 Å². The molecule has 1 aromatic carbocycles. The fourth-order valence-corrected chi connectivity index (χ4v) is 5.10. The van der Waals surface area contributed by atoms with Gasteiger partial charge in [0.15, 0.2) is 11.5 Å². The van der Waals surface area contributed by atoms with E-state index in [1.165, 1.54) is 0 Å². The van der Waals surface area contributed by atoms with Gasteiger partial charge >= 0.3 is 8.56 Å². The molecule has 0 atom stereocenters. The molecule has 0 saturated carbocycles. The first-order chi connectivity index (χ1) is 9.27. The Bertz CT molecular complexity index is 416. The molecule has 2 rings (SSSR count). The van der Waals surface area contributed by atoms with Gasteiger partial charge in [-0.15, -0.1) is 0 Å². The zero-order valence-electron chi connectivity index (χ0n) is 11.9. The van der Waals surface area contributed by atoms with Gasteiger partial charge in [-0.05, 0) is 26.3 Å².